The zero-order valence-electron chi connectivity index (χ0n) is 56.5. The van der Waals surface area contributed by atoms with Crippen LogP contribution in [0.5, 0.6) is 0 Å². The number of carbonyl (C=O) groups is 3. The number of phosphoric ester groups is 2. The molecule has 0 amide bonds. The van der Waals surface area contributed by atoms with Gasteiger partial charge in [0.05, 0.1) is 26.4 Å². The highest BCUT2D eigenvalue weighted by molar-refractivity contribution is 7.47. The van der Waals surface area contributed by atoms with Crippen molar-refractivity contribution in [2.24, 2.45) is 0 Å². The summed E-state index contributed by atoms with van der Waals surface area (Å²) in [5.74, 6) is -1.60. The van der Waals surface area contributed by atoms with E-state index in [1.165, 1.54) is 38.5 Å². The van der Waals surface area contributed by atoms with Gasteiger partial charge in [-0.15, -0.1) is 0 Å². The van der Waals surface area contributed by atoms with Gasteiger partial charge in [0.1, 0.15) is 25.4 Å². The molecule has 0 heterocycles. The highest BCUT2D eigenvalue weighted by atomic mass is 31.2. The maximum atomic E-state index is 12.9. The monoisotopic (exact) mass is 1320 g/mol. The van der Waals surface area contributed by atoms with Gasteiger partial charge in [-0.05, 0) is 109 Å². The van der Waals surface area contributed by atoms with Crippen molar-refractivity contribution in [2.75, 3.05) is 39.6 Å². The van der Waals surface area contributed by atoms with Gasteiger partial charge in [0, 0.05) is 19.3 Å². The largest absolute Gasteiger partial charge is 0.472 e. The summed E-state index contributed by atoms with van der Waals surface area (Å²) in [5, 5.41) is 20.5. The quantitative estimate of drug-likeness (QED) is 0.0146. The standard InChI is InChI=1S/C73H124O16P2/c1-4-7-10-13-16-19-22-24-26-28-30-31-32-33-34-35-37-39-40-42-45-47-50-53-56-59-71(76)83-62-68(74)63-85-90(79,80)86-64-69(75)65-87-91(81,82)88-67-70(89-73(78)61-58-55-52-49-44-21-18-15-12-9-6-3)66-84-72(77)60-57-54-51-48-46-43-41-38-36-29-27-25-23-20-17-14-11-8-5-2/h7-8,10-11,16-17,19-20,24-27,30-31,33-34,36-39,68-70,74-75H,4-6,9,12-15,18,21-23,28-29,32,35,40-67H2,1-3H3,(H,79,80)(H,81,82)/b10-7-,11-8-,19-16-,20-17-,26-24-,27-25-,31-30-,34-33-,38-36-,39-37-. The summed E-state index contributed by atoms with van der Waals surface area (Å²) in [6, 6.07) is 0. The van der Waals surface area contributed by atoms with Crippen molar-refractivity contribution in [3.8, 4) is 0 Å². The Kier molecular flexibility index (Phi) is 63.1. The van der Waals surface area contributed by atoms with Crippen LogP contribution in [0, 0.1) is 0 Å². The SMILES string of the molecule is CC/C=C\C/C=C\C/C=C\C/C=C\C/C=C\C/C=C\CCCCCCCCC(=O)OCC(O)COP(=O)(O)OCC(O)COP(=O)(O)OCC(COC(=O)CCCCCCCC/C=C\C/C=C\C/C=C\C/C=C\CC)OC(=O)CCCCCCCCCCCCC. The molecule has 0 aliphatic heterocycles. The Hall–Kier alpha value is -4.05. The molecule has 0 saturated heterocycles. The first-order valence-electron chi connectivity index (χ1n) is 34.8. The number of aliphatic hydroxyl groups excluding tert-OH is 2. The van der Waals surface area contributed by atoms with Crippen molar-refractivity contribution in [1.29, 1.82) is 0 Å². The molecule has 5 unspecified atom stereocenters. The minimum atomic E-state index is -4.93. The number of hydrogen-bond donors (Lipinski definition) is 4. The second kappa shape index (κ2) is 66.0. The number of rotatable bonds is 65. The predicted molar refractivity (Wildman–Crippen MR) is 371 cm³/mol. The van der Waals surface area contributed by atoms with Crippen LogP contribution in [0.3, 0.4) is 0 Å². The lowest BCUT2D eigenvalue weighted by atomic mass is 10.1. The Balaban J connectivity index is 4.56. The van der Waals surface area contributed by atoms with Gasteiger partial charge in [0.25, 0.3) is 0 Å². The summed E-state index contributed by atoms with van der Waals surface area (Å²) < 4.78 is 60.8. The van der Waals surface area contributed by atoms with E-state index in [1.54, 1.807) is 0 Å². The van der Waals surface area contributed by atoms with Gasteiger partial charge in [-0.2, -0.15) is 0 Å². The van der Waals surface area contributed by atoms with Crippen LogP contribution in [0.15, 0.2) is 122 Å². The van der Waals surface area contributed by atoms with Gasteiger partial charge in [0.15, 0.2) is 6.10 Å². The Labute approximate surface area is 551 Å². The molecule has 5 atom stereocenters. The van der Waals surface area contributed by atoms with Crippen LogP contribution in [0.4, 0.5) is 0 Å². The number of phosphoric acid groups is 2. The van der Waals surface area contributed by atoms with E-state index in [0.29, 0.717) is 19.3 Å². The lowest BCUT2D eigenvalue weighted by Crippen LogP contribution is -2.30. The first-order chi connectivity index (χ1) is 44.2. The Morgan fingerprint density at radius 3 is 0.923 bits per heavy atom. The fourth-order valence-corrected chi connectivity index (χ4v) is 10.5. The molecule has 0 aliphatic rings. The van der Waals surface area contributed by atoms with Crippen LogP contribution in [0.25, 0.3) is 0 Å². The minimum Gasteiger partial charge on any atom is -0.463 e. The third-order valence-corrected chi connectivity index (χ3v) is 16.1. The molecule has 0 fully saturated rings. The molecule has 0 aromatic heterocycles. The first kappa shape index (κ1) is 87.0. The molecule has 0 rings (SSSR count). The molecule has 16 nitrogen and oxygen atoms in total. The summed E-state index contributed by atoms with van der Waals surface area (Å²) in [4.78, 5) is 58.3. The van der Waals surface area contributed by atoms with Crippen molar-refractivity contribution in [3.63, 3.8) is 0 Å². The molecule has 0 saturated carbocycles. The first-order valence-corrected chi connectivity index (χ1v) is 37.8. The fraction of sp³-hybridized carbons (Fsp3) is 0.685. The molecule has 18 heteroatoms. The maximum absolute atomic E-state index is 12.9. The van der Waals surface area contributed by atoms with E-state index in [0.717, 1.165) is 167 Å². The van der Waals surface area contributed by atoms with Gasteiger partial charge in [-0.25, -0.2) is 9.13 Å². The van der Waals surface area contributed by atoms with E-state index >= 15 is 0 Å². The topological polar surface area (TPSA) is 231 Å². The highest BCUT2D eigenvalue weighted by Crippen LogP contribution is 2.45. The molecular formula is C73H124O16P2. The average molecular weight is 1320 g/mol. The van der Waals surface area contributed by atoms with Crippen molar-refractivity contribution >= 4 is 33.6 Å². The Morgan fingerprint density at radius 2 is 0.582 bits per heavy atom. The molecular weight excluding hydrogens is 1190 g/mol. The van der Waals surface area contributed by atoms with E-state index in [1.807, 2.05) is 0 Å². The third kappa shape index (κ3) is 67.2. The highest BCUT2D eigenvalue weighted by Gasteiger charge is 2.29. The van der Waals surface area contributed by atoms with Crippen molar-refractivity contribution in [1.82, 2.24) is 0 Å². The zero-order chi connectivity index (χ0) is 66.7. The molecule has 0 bridgehead atoms. The van der Waals surface area contributed by atoms with Crippen LogP contribution in [-0.4, -0.2) is 95.9 Å². The molecule has 4 N–H and O–H groups in total. The number of esters is 3. The summed E-state index contributed by atoms with van der Waals surface area (Å²) in [5.41, 5.74) is 0. The molecule has 0 aromatic rings. The lowest BCUT2D eigenvalue weighted by Gasteiger charge is -2.21. The van der Waals surface area contributed by atoms with Crippen LogP contribution < -0.4 is 0 Å². The van der Waals surface area contributed by atoms with Gasteiger partial charge in [0.2, 0.25) is 0 Å². The van der Waals surface area contributed by atoms with Crippen LogP contribution in [-0.2, 0) is 55.8 Å². The van der Waals surface area contributed by atoms with Gasteiger partial charge < -0.3 is 34.2 Å². The number of allylic oxidation sites excluding steroid dienone is 20. The maximum Gasteiger partial charge on any atom is 0.472 e. The molecule has 522 valence electrons. The van der Waals surface area contributed by atoms with E-state index < -0.39 is 91.5 Å². The smallest absolute Gasteiger partial charge is 0.463 e. The van der Waals surface area contributed by atoms with Crippen molar-refractivity contribution < 1.29 is 75.8 Å². The summed E-state index contributed by atoms with van der Waals surface area (Å²) in [6.45, 7) is 2.39. The van der Waals surface area contributed by atoms with E-state index in [9.17, 15) is 43.5 Å². The number of hydrogen-bond acceptors (Lipinski definition) is 14. The van der Waals surface area contributed by atoms with Crippen LogP contribution in [0.2, 0.25) is 0 Å². The zero-order valence-corrected chi connectivity index (χ0v) is 58.3. The van der Waals surface area contributed by atoms with Gasteiger partial charge in [-0.1, -0.05) is 258 Å². The molecule has 0 spiro atoms. The number of carbonyl (C=O) groups excluding carboxylic acids is 3. The number of aliphatic hydroxyl groups is 2. The normalized spacial score (nSPS) is 14.9. The van der Waals surface area contributed by atoms with E-state index in [-0.39, 0.29) is 19.3 Å². The Morgan fingerprint density at radius 1 is 0.319 bits per heavy atom. The summed E-state index contributed by atoms with van der Waals surface area (Å²) in [6.07, 6.45) is 75.4. The third-order valence-electron chi connectivity index (χ3n) is 14.2. The number of ether oxygens (including phenoxy) is 3. The second-order valence-corrected chi connectivity index (χ2v) is 25.8. The predicted octanol–water partition coefficient (Wildman–Crippen LogP) is 19.4. The van der Waals surface area contributed by atoms with Crippen molar-refractivity contribution in [3.05, 3.63) is 122 Å². The minimum absolute atomic E-state index is 0.101. The van der Waals surface area contributed by atoms with Crippen molar-refractivity contribution in [2.45, 2.75) is 283 Å². The van der Waals surface area contributed by atoms with Crippen LogP contribution >= 0.6 is 15.6 Å². The molecule has 0 aromatic carbocycles. The van der Waals surface area contributed by atoms with E-state index in [4.69, 9.17) is 32.3 Å². The number of unbranched alkanes of at least 4 members (excludes halogenated alkanes) is 22. The second-order valence-electron chi connectivity index (χ2n) is 22.9. The Bertz CT molecular complexity index is 2140. The van der Waals surface area contributed by atoms with Crippen LogP contribution in [0.1, 0.15) is 265 Å². The molecule has 91 heavy (non-hydrogen) atoms. The molecule has 0 radical (unpaired) electrons. The van der Waals surface area contributed by atoms with Gasteiger partial charge in [-0.3, -0.25) is 32.5 Å². The summed E-state index contributed by atoms with van der Waals surface area (Å²) in [7, 11) is -9.78. The lowest BCUT2D eigenvalue weighted by molar-refractivity contribution is -0.161. The fourth-order valence-electron chi connectivity index (χ4n) is 8.92. The van der Waals surface area contributed by atoms with E-state index in [2.05, 4.69) is 142 Å². The molecule has 0 aliphatic carbocycles. The summed E-state index contributed by atoms with van der Waals surface area (Å²) >= 11 is 0. The average Bonchev–Trinajstić information content (AvgIpc) is 3.54. The van der Waals surface area contributed by atoms with Gasteiger partial charge >= 0.3 is 33.6 Å².